The third-order valence-electron chi connectivity index (χ3n) is 8.00. The minimum absolute atomic E-state index is 0.598. The molecule has 2 heterocycles. The smallest absolute Gasteiger partial charge is 0.225 e. The highest BCUT2D eigenvalue weighted by molar-refractivity contribution is 6.18. The zero-order valence-electron chi connectivity index (χ0n) is 23.7. The van der Waals surface area contributed by atoms with Crippen LogP contribution in [0.4, 0.5) is 0 Å². The summed E-state index contributed by atoms with van der Waals surface area (Å²) in [6.45, 7) is 0. The second-order valence-corrected chi connectivity index (χ2v) is 10.6. The lowest BCUT2D eigenvalue weighted by Crippen LogP contribution is -1.97. The van der Waals surface area contributed by atoms with Gasteiger partial charge in [-0.05, 0) is 79.5 Å². The third kappa shape index (κ3) is 4.50. The van der Waals surface area contributed by atoms with Crippen LogP contribution in [0.2, 0.25) is 0 Å². The summed E-state index contributed by atoms with van der Waals surface area (Å²) in [5.41, 5.74) is 11.0. The Morgan fingerprint density at radius 3 is 1.14 bits per heavy atom. The fraction of sp³-hybridized carbons (Fsp3) is 0. The summed E-state index contributed by atoms with van der Waals surface area (Å²) < 4.78 is 11.4. The van der Waals surface area contributed by atoms with E-state index >= 15 is 0 Å². The van der Waals surface area contributed by atoms with Gasteiger partial charge in [0.25, 0.3) is 0 Å². The van der Waals surface area contributed by atoms with Crippen molar-refractivity contribution in [3.63, 3.8) is 0 Å². The molecule has 44 heavy (non-hydrogen) atoms. The highest BCUT2D eigenvalue weighted by Gasteiger charge is 2.24. The molecule has 2 aromatic heterocycles. The number of hydrogen-bond donors (Lipinski definition) is 0. The Kier molecular flexibility index (Phi) is 6.43. The van der Waals surface area contributed by atoms with E-state index in [0.717, 1.165) is 66.4 Å². The average molecular weight is 567 g/mol. The zero-order chi connectivity index (χ0) is 29.3. The second kappa shape index (κ2) is 11.0. The molecule has 0 fully saturated rings. The number of rotatable bonds is 6. The molecule has 0 amide bonds. The van der Waals surface area contributed by atoms with Crippen LogP contribution in [0.5, 0.6) is 0 Å². The SMILES string of the molecule is c1ccc(-c2c(-c3ccccc3)c(-c3cccc(-c4ncco4)c3)c3ccccc3c2-c2cccc(-c3ncco3)c2)cc1. The lowest BCUT2D eigenvalue weighted by atomic mass is 9.78. The van der Waals surface area contributed by atoms with Gasteiger partial charge < -0.3 is 8.83 Å². The number of hydrogen-bond acceptors (Lipinski definition) is 4. The van der Waals surface area contributed by atoms with Crippen molar-refractivity contribution in [3.8, 4) is 67.4 Å². The molecule has 0 aliphatic rings. The molecule has 0 aliphatic carbocycles. The van der Waals surface area contributed by atoms with Crippen molar-refractivity contribution >= 4 is 10.8 Å². The van der Waals surface area contributed by atoms with Crippen molar-refractivity contribution in [1.82, 2.24) is 9.97 Å². The second-order valence-electron chi connectivity index (χ2n) is 10.6. The van der Waals surface area contributed by atoms with Gasteiger partial charge in [-0.25, -0.2) is 9.97 Å². The van der Waals surface area contributed by atoms with E-state index in [-0.39, 0.29) is 0 Å². The van der Waals surface area contributed by atoms with Crippen molar-refractivity contribution in [1.29, 1.82) is 0 Å². The van der Waals surface area contributed by atoms with E-state index < -0.39 is 0 Å². The molecular weight excluding hydrogens is 540 g/mol. The van der Waals surface area contributed by atoms with Crippen LogP contribution in [-0.2, 0) is 0 Å². The quantitative estimate of drug-likeness (QED) is 0.201. The minimum atomic E-state index is 0.598. The maximum atomic E-state index is 5.70. The summed E-state index contributed by atoms with van der Waals surface area (Å²) in [7, 11) is 0. The van der Waals surface area contributed by atoms with E-state index in [1.54, 1.807) is 24.9 Å². The van der Waals surface area contributed by atoms with Gasteiger partial charge in [0, 0.05) is 11.1 Å². The standard InChI is InChI=1S/C40H26N2O2/c1-3-11-27(12-4-1)37-35(29-15-9-17-31(25-29)39-41-21-23-43-39)33-19-7-8-20-34(33)36(38(37)28-13-5-2-6-14-28)30-16-10-18-32(26-30)40-42-22-24-44-40/h1-26H. The van der Waals surface area contributed by atoms with Crippen LogP contribution < -0.4 is 0 Å². The molecule has 0 bridgehead atoms. The molecule has 0 aliphatic heterocycles. The van der Waals surface area contributed by atoms with Gasteiger partial charge in [-0.1, -0.05) is 109 Å². The molecule has 8 aromatic rings. The Balaban J connectivity index is 1.54. The summed E-state index contributed by atoms with van der Waals surface area (Å²) in [6.07, 6.45) is 6.59. The van der Waals surface area contributed by atoms with E-state index in [1.807, 2.05) is 12.1 Å². The maximum Gasteiger partial charge on any atom is 0.225 e. The largest absolute Gasteiger partial charge is 0.445 e. The van der Waals surface area contributed by atoms with Gasteiger partial charge in [-0.3, -0.25) is 0 Å². The van der Waals surface area contributed by atoms with Gasteiger partial charge >= 0.3 is 0 Å². The summed E-state index contributed by atoms with van der Waals surface area (Å²) in [5.74, 6) is 1.20. The minimum Gasteiger partial charge on any atom is -0.445 e. The Bertz CT molecular complexity index is 2040. The first-order chi connectivity index (χ1) is 21.8. The Hall–Kier alpha value is -6.00. The normalized spacial score (nSPS) is 11.2. The Morgan fingerprint density at radius 2 is 0.727 bits per heavy atom. The van der Waals surface area contributed by atoms with Crippen LogP contribution in [-0.4, -0.2) is 9.97 Å². The van der Waals surface area contributed by atoms with Crippen LogP contribution in [0.3, 0.4) is 0 Å². The Morgan fingerprint density at radius 1 is 0.341 bits per heavy atom. The summed E-state index contributed by atoms with van der Waals surface area (Å²) >= 11 is 0. The van der Waals surface area contributed by atoms with E-state index in [9.17, 15) is 0 Å². The first kappa shape index (κ1) is 25.7. The molecule has 0 saturated heterocycles. The predicted octanol–water partition coefficient (Wildman–Crippen LogP) is 10.8. The molecule has 0 radical (unpaired) electrons. The first-order valence-corrected chi connectivity index (χ1v) is 14.6. The van der Waals surface area contributed by atoms with Gasteiger partial charge in [0.15, 0.2) is 0 Å². The van der Waals surface area contributed by atoms with Crippen molar-refractivity contribution in [2.45, 2.75) is 0 Å². The molecular formula is C40H26N2O2. The number of oxazole rings is 2. The van der Waals surface area contributed by atoms with Crippen LogP contribution in [0.15, 0.2) is 167 Å². The topological polar surface area (TPSA) is 52.1 Å². The van der Waals surface area contributed by atoms with Crippen molar-refractivity contribution in [3.05, 3.63) is 158 Å². The molecule has 0 atom stereocenters. The number of nitrogens with zero attached hydrogens (tertiary/aromatic N) is 2. The summed E-state index contributed by atoms with van der Waals surface area (Å²) in [6, 6.07) is 47.0. The predicted molar refractivity (Wildman–Crippen MR) is 177 cm³/mol. The lowest BCUT2D eigenvalue weighted by Gasteiger charge is -2.24. The fourth-order valence-electron chi connectivity index (χ4n) is 6.17. The van der Waals surface area contributed by atoms with Crippen LogP contribution in [0, 0.1) is 0 Å². The van der Waals surface area contributed by atoms with E-state index in [0.29, 0.717) is 11.8 Å². The molecule has 8 rings (SSSR count). The fourth-order valence-corrected chi connectivity index (χ4v) is 6.17. The van der Waals surface area contributed by atoms with Gasteiger partial charge in [0.2, 0.25) is 11.8 Å². The molecule has 4 heteroatoms. The Labute approximate surface area is 254 Å². The van der Waals surface area contributed by atoms with E-state index in [2.05, 4.69) is 131 Å². The first-order valence-electron chi connectivity index (χ1n) is 14.6. The monoisotopic (exact) mass is 566 g/mol. The maximum absolute atomic E-state index is 5.70. The molecule has 0 spiro atoms. The van der Waals surface area contributed by atoms with Gasteiger partial charge in [-0.15, -0.1) is 0 Å². The molecule has 6 aromatic carbocycles. The van der Waals surface area contributed by atoms with Crippen LogP contribution in [0.25, 0.3) is 78.2 Å². The molecule has 208 valence electrons. The average Bonchev–Trinajstić information content (AvgIpc) is 3.84. The van der Waals surface area contributed by atoms with E-state index in [1.165, 1.54) is 0 Å². The van der Waals surface area contributed by atoms with E-state index in [4.69, 9.17) is 8.83 Å². The number of fused-ring (bicyclic) bond motifs is 1. The summed E-state index contributed by atoms with van der Waals surface area (Å²) in [5, 5.41) is 2.32. The molecule has 0 N–H and O–H groups in total. The molecule has 0 saturated carbocycles. The third-order valence-corrected chi connectivity index (χ3v) is 8.00. The highest BCUT2D eigenvalue weighted by atomic mass is 16.3. The van der Waals surface area contributed by atoms with Gasteiger partial charge in [0.05, 0.1) is 12.4 Å². The number of benzene rings is 6. The van der Waals surface area contributed by atoms with Crippen LogP contribution >= 0.6 is 0 Å². The van der Waals surface area contributed by atoms with Crippen molar-refractivity contribution < 1.29 is 8.83 Å². The summed E-state index contributed by atoms with van der Waals surface area (Å²) in [4.78, 5) is 8.87. The highest BCUT2D eigenvalue weighted by Crippen LogP contribution is 2.51. The molecule has 4 nitrogen and oxygen atoms in total. The van der Waals surface area contributed by atoms with Gasteiger partial charge in [-0.2, -0.15) is 0 Å². The zero-order valence-corrected chi connectivity index (χ0v) is 23.7. The molecule has 0 unspecified atom stereocenters. The van der Waals surface area contributed by atoms with Crippen molar-refractivity contribution in [2.24, 2.45) is 0 Å². The van der Waals surface area contributed by atoms with Crippen LogP contribution in [0.1, 0.15) is 0 Å². The van der Waals surface area contributed by atoms with Crippen molar-refractivity contribution in [2.75, 3.05) is 0 Å². The van der Waals surface area contributed by atoms with Gasteiger partial charge in [0.1, 0.15) is 12.5 Å². The number of aromatic nitrogens is 2. The lowest BCUT2D eigenvalue weighted by molar-refractivity contribution is 0.574.